The van der Waals surface area contributed by atoms with Gasteiger partial charge in [-0.1, -0.05) is 57.3 Å². The molecule has 10 heteroatoms. The van der Waals surface area contributed by atoms with Crippen molar-refractivity contribution in [2.24, 2.45) is 0 Å². The maximum absolute atomic E-state index is 14.1. The topological polar surface area (TPSA) is 42.7 Å². The zero-order chi connectivity index (χ0) is 25.6. The summed E-state index contributed by atoms with van der Waals surface area (Å²) in [6, 6.07) is 14.3. The lowest BCUT2D eigenvalue weighted by atomic mass is 10.00. The van der Waals surface area contributed by atoms with Crippen molar-refractivity contribution in [3.8, 4) is 16.9 Å². The highest BCUT2D eigenvalue weighted by Gasteiger charge is 2.40. The van der Waals surface area contributed by atoms with Crippen LogP contribution in [0.2, 0.25) is 10.0 Å². The second kappa shape index (κ2) is 9.74. The summed E-state index contributed by atoms with van der Waals surface area (Å²) in [5, 5.41) is 1.13. The molecule has 1 aromatic heterocycles. The molecule has 0 fully saturated rings. The van der Waals surface area contributed by atoms with Crippen LogP contribution in [0.1, 0.15) is 16.9 Å². The van der Waals surface area contributed by atoms with Gasteiger partial charge in [0.05, 0.1) is 16.5 Å². The second-order valence-electron chi connectivity index (χ2n) is 8.37. The van der Waals surface area contributed by atoms with Crippen LogP contribution in [0.5, 0.6) is 5.75 Å². The molecule has 0 unspecified atom stereocenters. The molecule has 0 radical (unpaired) electrons. The summed E-state index contributed by atoms with van der Waals surface area (Å²) in [4.78, 5) is 15.3. The number of hydrogen-bond acceptors (Lipinski definition) is 4. The van der Waals surface area contributed by atoms with Crippen LogP contribution in [-0.2, 0) is 19.1 Å². The van der Waals surface area contributed by atoms with Crippen LogP contribution in [0.15, 0.2) is 68.3 Å². The molecule has 36 heavy (non-hydrogen) atoms. The van der Waals surface area contributed by atoms with Crippen molar-refractivity contribution in [3.63, 3.8) is 0 Å². The van der Waals surface area contributed by atoms with E-state index in [1.807, 2.05) is 11.0 Å². The van der Waals surface area contributed by atoms with Crippen LogP contribution < -0.4 is 10.2 Å². The van der Waals surface area contributed by atoms with Crippen LogP contribution in [-0.4, -0.2) is 18.2 Å². The van der Waals surface area contributed by atoms with Crippen LogP contribution in [0.25, 0.3) is 22.1 Å². The molecule has 0 saturated heterocycles. The summed E-state index contributed by atoms with van der Waals surface area (Å²) in [6.07, 6.45) is -4.30. The Bertz CT molecular complexity index is 1520. The molecular formula is C26H17BrCl2F3NO3. The van der Waals surface area contributed by atoms with Gasteiger partial charge in [-0.15, -0.1) is 0 Å². The fourth-order valence-electron chi connectivity index (χ4n) is 4.24. The molecule has 0 N–H and O–H groups in total. The average Bonchev–Trinajstić information content (AvgIpc) is 2.83. The van der Waals surface area contributed by atoms with Crippen molar-refractivity contribution in [1.29, 1.82) is 0 Å². The highest BCUT2D eigenvalue weighted by Crippen LogP contribution is 2.40. The van der Waals surface area contributed by atoms with E-state index in [-0.39, 0.29) is 29.8 Å². The Morgan fingerprint density at radius 3 is 2.47 bits per heavy atom. The van der Waals surface area contributed by atoms with Crippen molar-refractivity contribution >= 4 is 50.1 Å². The first-order valence-corrected chi connectivity index (χ1v) is 12.4. The summed E-state index contributed by atoms with van der Waals surface area (Å²) >= 11 is 15.5. The summed E-state index contributed by atoms with van der Waals surface area (Å²) in [5.41, 5.74) is 0.00410. The zero-order valence-corrected chi connectivity index (χ0v) is 21.6. The molecule has 0 saturated carbocycles. The van der Waals surface area contributed by atoms with Gasteiger partial charge in [-0.2, -0.15) is 13.2 Å². The van der Waals surface area contributed by atoms with Gasteiger partial charge >= 0.3 is 6.18 Å². The second-order valence-corrected chi connectivity index (χ2v) is 10.1. The van der Waals surface area contributed by atoms with Crippen LogP contribution >= 0.6 is 39.1 Å². The molecule has 0 atom stereocenters. The first-order chi connectivity index (χ1) is 17.1. The molecule has 0 aliphatic carbocycles. The fourth-order valence-corrected chi connectivity index (χ4v) is 5.00. The highest BCUT2D eigenvalue weighted by molar-refractivity contribution is 9.10. The Morgan fingerprint density at radius 2 is 1.78 bits per heavy atom. The quantitative estimate of drug-likeness (QED) is 0.239. The lowest BCUT2D eigenvalue weighted by Gasteiger charge is -2.29. The minimum atomic E-state index is -4.88. The van der Waals surface area contributed by atoms with Gasteiger partial charge in [0.1, 0.15) is 18.1 Å². The third-order valence-corrected chi connectivity index (χ3v) is 7.12. The van der Waals surface area contributed by atoms with Gasteiger partial charge in [-0.05, 0) is 53.9 Å². The largest absolute Gasteiger partial charge is 0.478 e. The molecular weight excluding hydrogens is 582 g/mol. The molecule has 3 aromatic carbocycles. The Morgan fingerprint density at radius 1 is 1.03 bits per heavy atom. The van der Waals surface area contributed by atoms with Crippen molar-refractivity contribution < 1.29 is 22.3 Å². The molecule has 0 spiro atoms. The SMILES string of the molecule is O=c1c(-c2ccc(Br)cc2)c(C(F)(F)F)oc2c3c(ccc12)OCN(CCc1ccc(Cl)cc1Cl)C3. The monoisotopic (exact) mass is 597 g/mol. The van der Waals surface area contributed by atoms with Gasteiger partial charge in [0, 0.05) is 27.6 Å². The summed E-state index contributed by atoms with van der Waals surface area (Å²) < 4.78 is 54.3. The third-order valence-electron chi connectivity index (χ3n) is 6.01. The molecule has 4 nitrogen and oxygen atoms in total. The maximum Gasteiger partial charge on any atom is 0.450 e. The average molecular weight is 599 g/mol. The van der Waals surface area contributed by atoms with E-state index in [2.05, 4.69) is 15.9 Å². The first kappa shape index (κ1) is 25.1. The van der Waals surface area contributed by atoms with Crippen LogP contribution in [0.4, 0.5) is 13.2 Å². The van der Waals surface area contributed by atoms with Gasteiger partial charge in [0.2, 0.25) is 11.2 Å². The summed E-state index contributed by atoms with van der Waals surface area (Å²) in [7, 11) is 0. The van der Waals surface area contributed by atoms with Crippen molar-refractivity contribution in [1.82, 2.24) is 4.90 Å². The molecule has 186 valence electrons. The normalized spacial score (nSPS) is 14.1. The van der Waals surface area contributed by atoms with Crippen molar-refractivity contribution in [2.45, 2.75) is 19.1 Å². The molecule has 5 rings (SSSR count). The summed E-state index contributed by atoms with van der Waals surface area (Å²) in [5.74, 6) is -0.947. The van der Waals surface area contributed by atoms with Gasteiger partial charge in [0.15, 0.2) is 0 Å². The standard InChI is InChI=1S/C26H17BrCl2F3NO3/c27-16-4-1-15(2-5-16)22-23(34)18-7-8-21-19(24(18)36-25(22)26(30,31)32)12-33(13-35-21)10-9-14-3-6-17(28)11-20(14)29/h1-8,11H,9-10,12-13H2. The van der Waals surface area contributed by atoms with E-state index in [1.54, 1.807) is 30.3 Å². The van der Waals surface area contributed by atoms with Gasteiger partial charge in [0.25, 0.3) is 0 Å². The Labute approximate surface area is 222 Å². The Balaban J connectivity index is 1.55. The maximum atomic E-state index is 14.1. The van der Waals surface area contributed by atoms with Crippen molar-refractivity contribution in [3.05, 3.63) is 96.2 Å². The van der Waals surface area contributed by atoms with E-state index in [0.29, 0.717) is 38.8 Å². The van der Waals surface area contributed by atoms with E-state index >= 15 is 0 Å². The number of alkyl halides is 3. The third kappa shape index (κ3) is 4.87. The van der Waals surface area contributed by atoms with E-state index in [9.17, 15) is 18.0 Å². The van der Waals surface area contributed by atoms with Crippen LogP contribution in [0, 0.1) is 0 Å². The van der Waals surface area contributed by atoms with E-state index in [4.69, 9.17) is 32.4 Å². The number of benzene rings is 3. The summed E-state index contributed by atoms with van der Waals surface area (Å²) in [6.45, 7) is 0.997. The molecule has 0 bridgehead atoms. The van der Waals surface area contributed by atoms with Crippen LogP contribution in [0.3, 0.4) is 0 Å². The molecule has 1 aliphatic rings. The van der Waals surface area contributed by atoms with Crippen molar-refractivity contribution in [2.75, 3.05) is 13.3 Å². The Hall–Kier alpha value is -2.52. The predicted molar refractivity (Wildman–Crippen MR) is 137 cm³/mol. The van der Waals surface area contributed by atoms with E-state index in [1.165, 1.54) is 18.2 Å². The molecule has 1 aliphatic heterocycles. The zero-order valence-electron chi connectivity index (χ0n) is 18.5. The predicted octanol–water partition coefficient (Wildman–Crippen LogP) is 7.94. The first-order valence-electron chi connectivity index (χ1n) is 10.9. The number of hydrogen-bond donors (Lipinski definition) is 0. The number of nitrogens with zero attached hydrogens (tertiary/aromatic N) is 1. The highest BCUT2D eigenvalue weighted by atomic mass is 79.9. The van der Waals surface area contributed by atoms with E-state index in [0.717, 1.165) is 5.56 Å². The Kier molecular flexibility index (Phi) is 6.80. The fraction of sp³-hybridized carbons (Fsp3) is 0.192. The number of rotatable bonds is 4. The molecule has 0 amide bonds. The van der Waals surface area contributed by atoms with Gasteiger partial charge in [-0.3, -0.25) is 9.69 Å². The molecule has 4 aromatic rings. The minimum absolute atomic E-state index is 0.0610. The molecule has 2 heterocycles. The van der Waals surface area contributed by atoms with Gasteiger partial charge in [-0.25, -0.2) is 0 Å². The lowest BCUT2D eigenvalue weighted by molar-refractivity contribution is -0.152. The van der Waals surface area contributed by atoms with Gasteiger partial charge < -0.3 is 9.15 Å². The number of fused-ring (bicyclic) bond motifs is 3. The lowest BCUT2D eigenvalue weighted by Crippen LogP contribution is -2.34. The number of ether oxygens (including phenoxy) is 1. The smallest absolute Gasteiger partial charge is 0.450 e. The minimum Gasteiger partial charge on any atom is -0.478 e. The van der Waals surface area contributed by atoms with E-state index < -0.39 is 22.9 Å². The number of halogens is 6.